The second-order valence-corrected chi connectivity index (χ2v) is 7.51. The summed E-state index contributed by atoms with van der Waals surface area (Å²) < 4.78 is 25.8. The average molecular weight is 313 g/mol. The van der Waals surface area contributed by atoms with E-state index in [0.29, 0.717) is 12.2 Å². The van der Waals surface area contributed by atoms with Gasteiger partial charge in [0.05, 0.1) is 18.5 Å². The standard InChI is InChI=1S/C18H19NO2S/c1-22(20,21)19(18-9-3-2-4-10-18)14-15-11-12-16-7-5-6-8-17(16)13-15/h2-10,13H,11-12,14H2,1H3. The molecule has 0 aromatic heterocycles. The highest BCUT2D eigenvalue weighted by molar-refractivity contribution is 7.92. The van der Waals surface area contributed by atoms with Crippen LogP contribution in [-0.4, -0.2) is 21.2 Å². The van der Waals surface area contributed by atoms with Crippen molar-refractivity contribution in [3.63, 3.8) is 0 Å². The molecule has 0 saturated heterocycles. The number of rotatable bonds is 4. The Morgan fingerprint density at radius 3 is 2.36 bits per heavy atom. The molecule has 3 rings (SSSR count). The minimum atomic E-state index is -3.30. The Balaban J connectivity index is 1.91. The molecular formula is C18H19NO2S. The summed E-state index contributed by atoms with van der Waals surface area (Å²) in [7, 11) is -3.30. The number of hydrogen-bond donors (Lipinski definition) is 0. The lowest BCUT2D eigenvalue weighted by atomic mass is 9.92. The predicted octanol–water partition coefficient (Wildman–Crippen LogP) is 3.48. The molecule has 3 nitrogen and oxygen atoms in total. The van der Waals surface area contributed by atoms with Crippen LogP contribution in [0.5, 0.6) is 0 Å². The van der Waals surface area contributed by atoms with Gasteiger partial charge in [-0.1, -0.05) is 48.5 Å². The van der Waals surface area contributed by atoms with Crippen LogP contribution in [-0.2, 0) is 16.4 Å². The number of fused-ring (bicyclic) bond motifs is 1. The van der Waals surface area contributed by atoms with E-state index in [4.69, 9.17) is 0 Å². The minimum absolute atomic E-state index is 0.414. The molecule has 0 N–H and O–H groups in total. The molecule has 0 unspecified atom stereocenters. The normalized spacial score (nSPS) is 14.1. The average Bonchev–Trinajstić information content (AvgIpc) is 2.52. The van der Waals surface area contributed by atoms with Gasteiger partial charge in [-0.2, -0.15) is 0 Å². The number of hydrogen-bond acceptors (Lipinski definition) is 2. The fourth-order valence-electron chi connectivity index (χ4n) is 2.79. The minimum Gasteiger partial charge on any atom is -0.266 e. The second-order valence-electron chi connectivity index (χ2n) is 5.61. The van der Waals surface area contributed by atoms with E-state index in [-0.39, 0.29) is 0 Å². The lowest BCUT2D eigenvalue weighted by Gasteiger charge is -2.25. The van der Waals surface area contributed by atoms with Crippen molar-refractivity contribution in [2.75, 3.05) is 17.1 Å². The molecule has 4 heteroatoms. The highest BCUT2D eigenvalue weighted by Crippen LogP contribution is 2.26. The van der Waals surface area contributed by atoms with Crippen molar-refractivity contribution in [3.05, 3.63) is 71.3 Å². The zero-order valence-electron chi connectivity index (χ0n) is 12.6. The van der Waals surface area contributed by atoms with Crippen molar-refractivity contribution >= 4 is 21.8 Å². The number of benzene rings is 2. The molecule has 0 atom stereocenters. The van der Waals surface area contributed by atoms with Crippen LogP contribution in [0, 0.1) is 0 Å². The first-order valence-electron chi connectivity index (χ1n) is 7.34. The van der Waals surface area contributed by atoms with Gasteiger partial charge in [0.15, 0.2) is 0 Å². The Labute approximate surface area is 132 Å². The first-order valence-corrected chi connectivity index (χ1v) is 9.19. The monoisotopic (exact) mass is 313 g/mol. The van der Waals surface area contributed by atoms with Crippen molar-refractivity contribution in [3.8, 4) is 0 Å². The topological polar surface area (TPSA) is 37.4 Å². The van der Waals surface area contributed by atoms with E-state index < -0.39 is 10.0 Å². The van der Waals surface area contributed by atoms with Gasteiger partial charge >= 0.3 is 0 Å². The molecule has 0 fully saturated rings. The number of para-hydroxylation sites is 1. The van der Waals surface area contributed by atoms with Crippen LogP contribution in [0.2, 0.25) is 0 Å². The fraction of sp³-hybridized carbons (Fsp3) is 0.222. The van der Waals surface area contributed by atoms with E-state index in [0.717, 1.165) is 18.4 Å². The summed E-state index contributed by atoms with van der Waals surface area (Å²) in [5, 5.41) is 0. The molecular weight excluding hydrogens is 294 g/mol. The van der Waals surface area contributed by atoms with Crippen molar-refractivity contribution in [1.29, 1.82) is 0 Å². The first-order chi connectivity index (χ1) is 10.5. The van der Waals surface area contributed by atoms with Gasteiger partial charge in [-0.25, -0.2) is 8.42 Å². The SMILES string of the molecule is CS(=O)(=O)N(CC1=Cc2ccccc2CC1)c1ccccc1. The molecule has 0 aliphatic heterocycles. The zero-order chi connectivity index (χ0) is 15.6. The molecule has 1 aliphatic carbocycles. The summed E-state index contributed by atoms with van der Waals surface area (Å²) in [5.74, 6) is 0. The van der Waals surface area contributed by atoms with Crippen LogP contribution in [0.4, 0.5) is 5.69 Å². The van der Waals surface area contributed by atoms with Gasteiger partial charge in [-0.3, -0.25) is 4.31 Å². The summed E-state index contributed by atoms with van der Waals surface area (Å²) >= 11 is 0. The second kappa shape index (κ2) is 5.97. The third-order valence-corrected chi connectivity index (χ3v) is 5.06. The summed E-state index contributed by atoms with van der Waals surface area (Å²) in [6.07, 6.45) is 5.25. The first kappa shape index (κ1) is 14.9. The lowest BCUT2D eigenvalue weighted by Crippen LogP contribution is -2.32. The van der Waals surface area contributed by atoms with E-state index in [9.17, 15) is 8.42 Å². The molecule has 0 saturated carbocycles. The molecule has 2 aromatic rings. The van der Waals surface area contributed by atoms with Crippen molar-refractivity contribution < 1.29 is 8.42 Å². The molecule has 0 spiro atoms. The molecule has 0 radical (unpaired) electrons. The molecule has 114 valence electrons. The van der Waals surface area contributed by atoms with Crippen molar-refractivity contribution in [1.82, 2.24) is 0 Å². The summed E-state index contributed by atoms with van der Waals surface area (Å²) in [6, 6.07) is 17.6. The molecule has 0 amide bonds. The summed E-state index contributed by atoms with van der Waals surface area (Å²) in [4.78, 5) is 0. The van der Waals surface area contributed by atoms with Gasteiger partial charge in [-0.15, -0.1) is 0 Å². The van der Waals surface area contributed by atoms with Gasteiger partial charge in [0.25, 0.3) is 0 Å². The highest BCUT2D eigenvalue weighted by atomic mass is 32.2. The fourth-order valence-corrected chi connectivity index (χ4v) is 3.70. The van der Waals surface area contributed by atoms with E-state index in [1.165, 1.54) is 21.7 Å². The Morgan fingerprint density at radius 1 is 0.955 bits per heavy atom. The number of nitrogens with zero attached hydrogens (tertiary/aromatic N) is 1. The van der Waals surface area contributed by atoms with E-state index in [1.807, 2.05) is 42.5 Å². The largest absolute Gasteiger partial charge is 0.266 e. The zero-order valence-corrected chi connectivity index (χ0v) is 13.4. The van der Waals surface area contributed by atoms with Crippen LogP contribution < -0.4 is 4.31 Å². The van der Waals surface area contributed by atoms with Crippen LogP contribution in [0.1, 0.15) is 17.5 Å². The smallest absolute Gasteiger partial charge is 0.232 e. The maximum absolute atomic E-state index is 12.1. The number of anilines is 1. The molecule has 0 heterocycles. The van der Waals surface area contributed by atoms with E-state index >= 15 is 0 Å². The molecule has 2 aromatic carbocycles. The van der Waals surface area contributed by atoms with E-state index in [2.05, 4.69) is 18.2 Å². The quantitative estimate of drug-likeness (QED) is 0.866. The maximum atomic E-state index is 12.1. The summed E-state index contributed by atoms with van der Waals surface area (Å²) in [6.45, 7) is 0.414. The molecule has 0 bridgehead atoms. The third kappa shape index (κ3) is 3.22. The van der Waals surface area contributed by atoms with Crippen LogP contribution >= 0.6 is 0 Å². The van der Waals surface area contributed by atoms with Crippen LogP contribution in [0.15, 0.2) is 60.2 Å². The van der Waals surface area contributed by atoms with E-state index in [1.54, 1.807) is 0 Å². The Bertz CT molecular complexity index is 795. The van der Waals surface area contributed by atoms with Crippen LogP contribution in [0.25, 0.3) is 6.08 Å². The number of aryl methyl sites for hydroxylation is 1. The molecule has 1 aliphatic rings. The Hall–Kier alpha value is -2.07. The van der Waals surface area contributed by atoms with Gasteiger partial charge in [0, 0.05) is 0 Å². The van der Waals surface area contributed by atoms with Gasteiger partial charge in [-0.05, 0) is 41.7 Å². The van der Waals surface area contributed by atoms with Gasteiger partial charge in [0.2, 0.25) is 10.0 Å². The Morgan fingerprint density at radius 2 is 1.64 bits per heavy atom. The number of sulfonamides is 1. The highest BCUT2D eigenvalue weighted by Gasteiger charge is 2.20. The van der Waals surface area contributed by atoms with Crippen molar-refractivity contribution in [2.45, 2.75) is 12.8 Å². The molecule has 22 heavy (non-hydrogen) atoms. The van der Waals surface area contributed by atoms with Gasteiger partial charge in [0.1, 0.15) is 0 Å². The Kier molecular flexibility index (Phi) is 4.03. The lowest BCUT2D eigenvalue weighted by molar-refractivity contribution is 0.598. The van der Waals surface area contributed by atoms with Crippen LogP contribution in [0.3, 0.4) is 0 Å². The van der Waals surface area contributed by atoms with Crippen molar-refractivity contribution in [2.24, 2.45) is 0 Å². The van der Waals surface area contributed by atoms with Gasteiger partial charge < -0.3 is 0 Å². The summed E-state index contributed by atoms with van der Waals surface area (Å²) in [5.41, 5.74) is 4.39. The maximum Gasteiger partial charge on any atom is 0.232 e. The third-order valence-electron chi connectivity index (χ3n) is 3.92. The predicted molar refractivity (Wildman–Crippen MR) is 91.4 cm³/mol.